The van der Waals surface area contributed by atoms with Gasteiger partial charge < -0.3 is 14.2 Å². The lowest BCUT2D eigenvalue weighted by molar-refractivity contribution is 0.0303. The van der Waals surface area contributed by atoms with Gasteiger partial charge in [0.2, 0.25) is 0 Å². The molecule has 1 aliphatic carbocycles. The minimum absolute atomic E-state index is 0. The molecule has 1 aromatic heterocycles. The number of hydrogen-bond acceptors (Lipinski definition) is 3. The van der Waals surface area contributed by atoms with Crippen LogP contribution in [0.15, 0.2) is 24.4 Å². The minimum Gasteiger partial charge on any atom is -0.495 e. The Morgan fingerprint density at radius 2 is 1.77 bits per heavy atom. The first-order valence-corrected chi connectivity index (χ1v) is 11.7. The number of carbonyl (C=O) groups excluding carboxylic acids is 1. The Kier molecular flexibility index (Phi) is 7.92. The molecule has 0 N–H and O–H groups in total. The second-order valence-corrected chi connectivity index (χ2v) is 9.32. The molecule has 0 radical (unpaired) electrons. The first-order valence-electron chi connectivity index (χ1n) is 11.7. The van der Waals surface area contributed by atoms with Gasteiger partial charge in [0.1, 0.15) is 5.75 Å². The van der Waals surface area contributed by atoms with E-state index in [2.05, 4.69) is 47.4 Å². The van der Waals surface area contributed by atoms with Crippen LogP contribution >= 0.6 is 12.4 Å². The number of benzene rings is 1. The fraction of sp³-hybridized carbons (Fsp3) is 0.640. The smallest absolute Gasteiger partial charge is 0.256 e. The van der Waals surface area contributed by atoms with Crippen molar-refractivity contribution in [2.75, 3.05) is 26.7 Å². The Bertz CT molecular complexity index is 878. The number of amides is 1. The van der Waals surface area contributed by atoms with Crippen LogP contribution in [0.25, 0.3) is 10.9 Å². The van der Waals surface area contributed by atoms with E-state index in [4.69, 9.17) is 4.74 Å². The number of methoxy groups -OCH3 is 1. The summed E-state index contributed by atoms with van der Waals surface area (Å²) in [5, 5.41) is 1.02. The van der Waals surface area contributed by atoms with E-state index in [1.165, 1.54) is 32.1 Å². The molecule has 2 aromatic rings. The van der Waals surface area contributed by atoms with Crippen LogP contribution in [0.2, 0.25) is 0 Å². The van der Waals surface area contributed by atoms with Crippen LogP contribution in [-0.4, -0.2) is 59.1 Å². The van der Waals surface area contributed by atoms with Crippen molar-refractivity contribution in [3.63, 3.8) is 0 Å². The van der Waals surface area contributed by atoms with Gasteiger partial charge in [0.15, 0.2) is 0 Å². The third kappa shape index (κ3) is 4.73. The highest BCUT2D eigenvalue weighted by molar-refractivity contribution is 6.08. The van der Waals surface area contributed by atoms with Crippen molar-refractivity contribution in [1.29, 1.82) is 0 Å². The number of carbonyl (C=O) groups is 1. The third-order valence-electron chi connectivity index (χ3n) is 7.17. The number of ether oxygens (including phenoxy) is 1. The van der Waals surface area contributed by atoms with E-state index in [1.54, 1.807) is 7.11 Å². The normalized spacial score (nSPS) is 23.0. The summed E-state index contributed by atoms with van der Waals surface area (Å²) in [6.45, 7) is 10.4. The zero-order chi connectivity index (χ0) is 21.3. The molecule has 0 spiro atoms. The van der Waals surface area contributed by atoms with Crippen LogP contribution in [0.1, 0.15) is 63.2 Å². The summed E-state index contributed by atoms with van der Waals surface area (Å²) in [5.74, 6) is 1.71. The molecule has 31 heavy (non-hydrogen) atoms. The Labute approximate surface area is 193 Å². The van der Waals surface area contributed by atoms with Crippen LogP contribution in [0.4, 0.5) is 0 Å². The van der Waals surface area contributed by atoms with Gasteiger partial charge in [0.25, 0.3) is 5.91 Å². The number of halogens is 1. The molecule has 2 aliphatic rings. The number of aromatic nitrogens is 1. The molecule has 1 aliphatic heterocycles. The van der Waals surface area contributed by atoms with E-state index in [0.717, 1.165) is 48.4 Å². The number of likely N-dealkylation sites (N-methyl/N-ethyl adjacent to an activating group) is 1. The number of para-hydroxylation sites is 1. The maximum atomic E-state index is 13.8. The molecule has 4 rings (SSSR count). The van der Waals surface area contributed by atoms with Gasteiger partial charge >= 0.3 is 0 Å². The minimum atomic E-state index is 0. The van der Waals surface area contributed by atoms with E-state index in [-0.39, 0.29) is 30.4 Å². The Balaban J connectivity index is 0.00000272. The molecular weight excluding hydrogens is 410 g/mol. The molecule has 2 atom stereocenters. The Hall–Kier alpha value is -1.72. The molecule has 2 unspecified atom stereocenters. The highest BCUT2D eigenvalue weighted by Crippen LogP contribution is 2.34. The molecule has 1 amide bonds. The lowest BCUT2D eigenvalue weighted by Gasteiger charge is -2.44. The zero-order valence-electron chi connectivity index (χ0n) is 19.5. The fourth-order valence-corrected chi connectivity index (χ4v) is 5.68. The topological polar surface area (TPSA) is 37.7 Å². The number of piperazine rings is 1. The highest BCUT2D eigenvalue weighted by atomic mass is 35.5. The van der Waals surface area contributed by atoms with E-state index in [1.807, 2.05) is 12.1 Å². The molecule has 6 heteroatoms. The molecule has 1 saturated heterocycles. The Morgan fingerprint density at radius 3 is 2.39 bits per heavy atom. The van der Waals surface area contributed by atoms with E-state index in [0.29, 0.717) is 5.92 Å². The molecule has 1 aromatic carbocycles. The summed E-state index contributed by atoms with van der Waals surface area (Å²) >= 11 is 0. The predicted octanol–water partition coefficient (Wildman–Crippen LogP) is 5.21. The van der Waals surface area contributed by atoms with Gasteiger partial charge in [-0.1, -0.05) is 38.3 Å². The maximum Gasteiger partial charge on any atom is 0.256 e. The number of rotatable bonds is 5. The maximum absolute atomic E-state index is 13.8. The van der Waals surface area contributed by atoms with Crippen LogP contribution in [-0.2, 0) is 6.54 Å². The molecule has 1 saturated carbocycles. The van der Waals surface area contributed by atoms with Gasteiger partial charge in [-0.3, -0.25) is 9.69 Å². The molecule has 2 fully saturated rings. The summed E-state index contributed by atoms with van der Waals surface area (Å²) in [5.41, 5.74) is 1.89. The van der Waals surface area contributed by atoms with Crippen LogP contribution in [0, 0.1) is 5.92 Å². The first kappa shape index (κ1) is 23.9. The van der Waals surface area contributed by atoms with Crippen LogP contribution in [0.3, 0.4) is 0 Å². The second-order valence-electron chi connectivity index (χ2n) is 9.32. The summed E-state index contributed by atoms with van der Waals surface area (Å²) in [4.78, 5) is 18.3. The lowest BCUT2D eigenvalue weighted by Crippen LogP contribution is -2.58. The van der Waals surface area contributed by atoms with Gasteiger partial charge in [-0.25, -0.2) is 0 Å². The molecule has 5 nitrogen and oxygen atoms in total. The average Bonchev–Trinajstić information content (AvgIpc) is 3.12. The lowest BCUT2D eigenvalue weighted by atomic mass is 9.89. The largest absolute Gasteiger partial charge is 0.495 e. The standard InChI is InChI=1S/C25H37N3O2.ClH/c1-5-26-14-18(2)28(19(3)15-26)25(29)22-17-27(16-20-10-7-6-8-11-20)24-21(22)12-9-13-23(24)30-4;/h9,12-13,17-20H,5-8,10-11,14-16H2,1-4H3;1H. The van der Waals surface area contributed by atoms with Crippen molar-refractivity contribution in [3.05, 3.63) is 30.0 Å². The average molecular weight is 448 g/mol. The van der Waals surface area contributed by atoms with Crippen molar-refractivity contribution in [2.45, 2.75) is 71.5 Å². The summed E-state index contributed by atoms with van der Waals surface area (Å²) < 4.78 is 8.01. The van der Waals surface area contributed by atoms with E-state index < -0.39 is 0 Å². The monoisotopic (exact) mass is 447 g/mol. The molecule has 172 valence electrons. The third-order valence-corrected chi connectivity index (χ3v) is 7.17. The van der Waals surface area contributed by atoms with E-state index in [9.17, 15) is 4.79 Å². The second kappa shape index (κ2) is 10.3. The number of nitrogens with zero attached hydrogens (tertiary/aromatic N) is 3. The van der Waals surface area contributed by atoms with E-state index >= 15 is 0 Å². The quantitative estimate of drug-likeness (QED) is 0.631. The highest BCUT2D eigenvalue weighted by Gasteiger charge is 2.34. The zero-order valence-corrected chi connectivity index (χ0v) is 20.3. The molecule has 0 bridgehead atoms. The Morgan fingerprint density at radius 1 is 1.10 bits per heavy atom. The van der Waals surface area contributed by atoms with Gasteiger partial charge in [-0.05, 0) is 45.2 Å². The van der Waals surface area contributed by atoms with Crippen LogP contribution in [0.5, 0.6) is 5.75 Å². The van der Waals surface area contributed by atoms with Crippen molar-refractivity contribution in [1.82, 2.24) is 14.4 Å². The van der Waals surface area contributed by atoms with Gasteiger partial charge in [-0.15, -0.1) is 12.4 Å². The summed E-state index contributed by atoms with van der Waals surface area (Å²) in [7, 11) is 1.72. The van der Waals surface area contributed by atoms with Crippen molar-refractivity contribution in [3.8, 4) is 5.75 Å². The number of hydrogen-bond donors (Lipinski definition) is 0. The summed E-state index contributed by atoms with van der Waals surface area (Å²) in [6.07, 6.45) is 8.68. The van der Waals surface area contributed by atoms with Crippen molar-refractivity contribution < 1.29 is 9.53 Å². The fourth-order valence-electron chi connectivity index (χ4n) is 5.68. The van der Waals surface area contributed by atoms with Gasteiger partial charge in [0, 0.05) is 43.3 Å². The number of fused-ring (bicyclic) bond motifs is 1. The van der Waals surface area contributed by atoms with Crippen molar-refractivity contribution in [2.24, 2.45) is 5.92 Å². The molecular formula is C25H38ClN3O2. The SMILES string of the molecule is CCN1CC(C)N(C(=O)c2cn(CC3CCCCC3)c3c(OC)cccc23)C(C)C1.Cl. The predicted molar refractivity (Wildman–Crippen MR) is 130 cm³/mol. The van der Waals surface area contributed by atoms with Gasteiger partial charge in [-0.2, -0.15) is 0 Å². The molecule has 2 heterocycles. The van der Waals surface area contributed by atoms with Gasteiger partial charge in [0.05, 0.1) is 18.2 Å². The van der Waals surface area contributed by atoms with Crippen LogP contribution < -0.4 is 4.74 Å². The summed E-state index contributed by atoms with van der Waals surface area (Å²) in [6, 6.07) is 6.52. The first-order chi connectivity index (χ1) is 14.5. The van der Waals surface area contributed by atoms with Crippen molar-refractivity contribution >= 4 is 29.2 Å².